The molecule has 0 aliphatic carbocycles. The Morgan fingerprint density at radius 3 is 2.82 bits per heavy atom. The lowest BCUT2D eigenvalue weighted by molar-refractivity contribution is 0.0954. The fourth-order valence-corrected chi connectivity index (χ4v) is 5.81. The van der Waals surface area contributed by atoms with Gasteiger partial charge in [0.2, 0.25) is 0 Å². The minimum atomic E-state index is -3.40. The molecule has 2 aliphatic rings. The smallest absolute Gasteiger partial charge is 0.257 e. The van der Waals surface area contributed by atoms with E-state index in [4.69, 9.17) is 23.2 Å². The third-order valence-electron chi connectivity index (χ3n) is 4.43. The minimum Gasteiger partial charge on any atom is -0.352 e. The second kappa shape index (κ2) is 7.59. The van der Waals surface area contributed by atoms with Crippen molar-refractivity contribution in [1.29, 1.82) is 0 Å². The number of anilines is 1. The molecule has 2 aliphatic heterocycles. The average Bonchev–Trinajstić information content (AvgIpc) is 2.98. The summed E-state index contributed by atoms with van der Waals surface area (Å²) in [7, 11) is -3.40. The predicted molar refractivity (Wildman–Crippen MR) is 113 cm³/mol. The van der Waals surface area contributed by atoms with Crippen molar-refractivity contribution in [2.24, 2.45) is 4.40 Å². The van der Waals surface area contributed by atoms with E-state index in [1.807, 2.05) is 17.0 Å². The standard InChI is InChI=1S/C18H15Cl2N3O3S2/c19-13-3-1-11(14(20)10-13)5-6-21-17(24)12-2-4-15-16(9-12)27-18-22-28(25,26)8-7-23(15)18/h1-4,9-10H,5-8H2,(H,21,24). The van der Waals surface area contributed by atoms with Gasteiger partial charge in [-0.05, 0) is 54.1 Å². The van der Waals surface area contributed by atoms with E-state index in [2.05, 4.69) is 9.71 Å². The summed E-state index contributed by atoms with van der Waals surface area (Å²) in [5.74, 6) is -0.209. The van der Waals surface area contributed by atoms with Crippen LogP contribution in [-0.2, 0) is 16.4 Å². The lowest BCUT2D eigenvalue weighted by Gasteiger charge is -2.22. The van der Waals surface area contributed by atoms with Crippen molar-refractivity contribution in [2.75, 3.05) is 23.7 Å². The number of carbonyl (C=O) groups is 1. The molecule has 0 saturated carbocycles. The maximum Gasteiger partial charge on any atom is 0.257 e. The number of hydrogen-bond acceptors (Lipinski definition) is 5. The van der Waals surface area contributed by atoms with Crippen LogP contribution in [0.25, 0.3) is 0 Å². The topological polar surface area (TPSA) is 78.8 Å². The molecule has 2 aromatic carbocycles. The molecule has 0 atom stereocenters. The number of fused-ring (bicyclic) bond motifs is 3. The van der Waals surface area contributed by atoms with Gasteiger partial charge in [-0.3, -0.25) is 4.79 Å². The average molecular weight is 456 g/mol. The first kappa shape index (κ1) is 19.6. The Kier molecular flexibility index (Phi) is 5.30. The van der Waals surface area contributed by atoms with Crippen molar-refractivity contribution in [3.05, 3.63) is 57.6 Å². The highest BCUT2D eigenvalue weighted by Gasteiger charge is 2.33. The first-order valence-corrected chi connectivity index (χ1v) is 11.6. The lowest BCUT2D eigenvalue weighted by Crippen LogP contribution is -2.35. The lowest BCUT2D eigenvalue weighted by atomic mass is 10.1. The zero-order chi connectivity index (χ0) is 19.9. The van der Waals surface area contributed by atoms with Crippen molar-refractivity contribution in [3.8, 4) is 0 Å². The van der Waals surface area contributed by atoms with Crippen LogP contribution in [0, 0.1) is 0 Å². The summed E-state index contributed by atoms with van der Waals surface area (Å²) in [6, 6.07) is 10.6. The highest BCUT2D eigenvalue weighted by atomic mass is 35.5. The number of halogens is 2. The van der Waals surface area contributed by atoms with Gasteiger partial charge in [-0.15, -0.1) is 4.40 Å². The van der Waals surface area contributed by atoms with Gasteiger partial charge in [0.05, 0.1) is 11.4 Å². The molecule has 2 heterocycles. The van der Waals surface area contributed by atoms with E-state index >= 15 is 0 Å². The normalized spacial score (nSPS) is 16.9. The Hall–Kier alpha value is -1.74. The number of amides is 1. The van der Waals surface area contributed by atoms with Gasteiger partial charge in [0, 0.05) is 33.6 Å². The molecule has 6 nitrogen and oxygen atoms in total. The first-order chi connectivity index (χ1) is 13.3. The van der Waals surface area contributed by atoms with Crippen LogP contribution in [0.2, 0.25) is 10.0 Å². The molecule has 0 spiro atoms. The predicted octanol–water partition coefficient (Wildman–Crippen LogP) is 3.58. The van der Waals surface area contributed by atoms with Crippen LogP contribution in [0.4, 0.5) is 5.69 Å². The number of nitrogens with one attached hydrogen (secondary N) is 1. The number of carbonyl (C=O) groups excluding carboxylic acids is 1. The summed E-state index contributed by atoms with van der Waals surface area (Å²) < 4.78 is 27.2. The largest absolute Gasteiger partial charge is 0.352 e. The van der Waals surface area contributed by atoms with Gasteiger partial charge in [0.25, 0.3) is 15.9 Å². The van der Waals surface area contributed by atoms with Crippen LogP contribution in [0.15, 0.2) is 45.7 Å². The fourth-order valence-electron chi connectivity index (χ4n) is 3.01. The third kappa shape index (κ3) is 4.00. The number of nitrogens with zero attached hydrogens (tertiary/aromatic N) is 2. The minimum absolute atomic E-state index is 0.00794. The molecule has 0 unspecified atom stereocenters. The highest BCUT2D eigenvalue weighted by Crippen LogP contribution is 2.42. The van der Waals surface area contributed by atoms with Gasteiger partial charge in [-0.2, -0.15) is 0 Å². The summed E-state index contributed by atoms with van der Waals surface area (Å²) in [6.45, 7) is 0.802. The van der Waals surface area contributed by atoms with Gasteiger partial charge in [0.1, 0.15) is 0 Å². The summed E-state index contributed by atoms with van der Waals surface area (Å²) in [5.41, 5.74) is 2.30. The molecule has 0 bridgehead atoms. The van der Waals surface area contributed by atoms with Crippen molar-refractivity contribution < 1.29 is 13.2 Å². The number of benzene rings is 2. The molecule has 0 saturated heterocycles. The molecule has 1 N–H and O–H groups in total. The van der Waals surface area contributed by atoms with Crippen LogP contribution in [0.1, 0.15) is 15.9 Å². The molecule has 10 heteroatoms. The van der Waals surface area contributed by atoms with Crippen LogP contribution < -0.4 is 10.2 Å². The Morgan fingerprint density at radius 2 is 2.04 bits per heavy atom. The SMILES string of the molecule is O=C(NCCc1ccc(Cl)cc1Cl)c1ccc2c(c1)SC1=NS(=O)(=O)CCN12. The second-order valence-corrected chi connectivity index (χ2v) is 9.95. The Balaban J connectivity index is 1.43. The maximum atomic E-state index is 12.5. The highest BCUT2D eigenvalue weighted by molar-refractivity contribution is 8.15. The molecule has 1 amide bonds. The Bertz CT molecular complexity index is 1100. The monoisotopic (exact) mass is 455 g/mol. The first-order valence-electron chi connectivity index (χ1n) is 8.47. The quantitative estimate of drug-likeness (QED) is 0.761. The number of hydrogen-bond donors (Lipinski definition) is 1. The van der Waals surface area contributed by atoms with E-state index in [0.29, 0.717) is 40.3 Å². The molecule has 0 fully saturated rings. The molecule has 0 aromatic heterocycles. The van der Waals surface area contributed by atoms with E-state index in [1.54, 1.807) is 24.3 Å². The second-order valence-electron chi connectivity index (χ2n) is 6.34. The van der Waals surface area contributed by atoms with E-state index < -0.39 is 10.0 Å². The summed E-state index contributed by atoms with van der Waals surface area (Å²) >= 11 is 13.3. The molecule has 28 heavy (non-hydrogen) atoms. The van der Waals surface area contributed by atoms with E-state index in [1.165, 1.54) is 11.8 Å². The van der Waals surface area contributed by atoms with Crippen molar-refractivity contribution in [1.82, 2.24) is 5.32 Å². The van der Waals surface area contributed by atoms with Crippen molar-refractivity contribution in [2.45, 2.75) is 11.3 Å². The van der Waals surface area contributed by atoms with Gasteiger partial charge in [-0.25, -0.2) is 8.42 Å². The van der Waals surface area contributed by atoms with Crippen LogP contribution in [0.3, 0.4) is 0 Å². The Morgan fingerprint density at radius 1 is 1.21 bits per heavy atom. The molecule has 0 radical (unpaired) electrons. The molecule has 2 aromatic rings. The Labute approximate surface area is 177 Å². The number of sulfonamides is 1. The number of amidine groups is 1. The van der Waals surface area contributed by atoms with E-state index in [-0.39, 0.29) is 11.7 Å². The maximum absolute atomic E-state index is 12.5. The fraction of sp³-hybridized carbons (Fsp3) is 0.222. The van der Waals surface area contributed by atoms with Crippen molar-refractivity contribution in [3.63, 3.8) is 0 Å². The van der Waals surface area contributed by atoms with Crippen LogP contribution in [0.5, 0.6) is 0 Å². The van der Waals surface area contributed by atoms with Crippen LogP contribution in [-0.4, -0.2) is 38.3 Å². The van der Waals surface area contributed by atoms with Crippen molar-refractivity contribution >= 4 is 61.7 Å². The summed E-state index contributed by atoms with van der Waals surface area (Å²) in [5, 5.41) is 4.46. The summed E-state index contributed by atoms with van der Waals surface area (Å²) in [6.07, 6.45) is 0.587. The van der Waals surface area contributed by atoms with E-state index in [9.17, 15) is 13.2 Å². The number of rotatable bonds is 4. The zero-order valence-electron chi connectivity index (χ0n) is 14.5. The zero-order valence-corrected chi connectivity index (χ0v) is 17.6. The van der Waals surface area contributed by atoms with Crippen LogP contribution >= 0.6 is 35.0 Å². The van der Waals surface area contributed by atoms with Gasteiger partial charge >= 0.3 is 0 Å². The molecule has 146 valence electrons. The molecular weight excluding hydrogens is 441 g/mol. The van der Waals surface area contributed by atoms with Gasteiger partial charge < -0.3 is 10.2 Å². The molecule has 4 rings (SSSR count). The third-order valence-corrected chi connectivity index (χ3v) is 7.32. The molecular formula is C18H15Cl2N3O3S2. The van der Waals surface area contributed by atoms with E-state index in [0.717, 1.165) is 16.1 Å². The van der Waals surface area contributed by atoms with Gasteiger partial charge in [-0.1, -0.05) is 29.3 Å². The summed E-state index contributed by atoms with van der Waals surface area (Å²) in [4.78, 5) is 15.2. The number of thioether (sulfide) groups is 1. The van der Waals surface area contributed by atoms with Gasteiger partial charge in [0.15, 0.2) is 5.17 Å².